The van der Waals surface area contributed by atoms with Crippen LogP contribution in [0.2, 0.25) is 6.32 Å². The molecule has 0 fully saturated rings. The summed E-state index contributed by atoms with van der Waals surface area (Å²) in [5.41, 5.74) is 0.874. The van der Waals surface area contributed by atoms with E-state index < -0.39 is 0 Å². The van der Waals surface area contributed by atoms with E-state index in [-0.39, 0.29) is 18.1 Å². The summed E-state index contributed by atoms with van der Waals surface area (Å²) < 4.78 is 12.7. The minimum absolute atomic E-state index is 0.0523. The van der Waals surface area contributed by atoms with Crippen molar-refractivity contribution in [3.05, 3.63) is 23.2 Å². The number of aromatic nitrogens is 1. The minimum atomic E-state index is -0.357. The lowest BCUT2D eigenvalue weighted by molar-refractivity contribution is -0.149. The van der Waals surface area contributed by atoms with Crippen LogP contribution >= 0.6 is 39.0 Å². The first-order chi connectivity index (χ1) is 12.7. The number of halogens is 1. The Hall–Kier alpha value is -0.605. The molecule has 5 nitrogen and oxygen atoms in total. The van der Waals surface area contributed by atoms with Crippen LogP contribution in [0.1, 0.15) is 17.8 Å². The number of benzene rings is 1. The zero-order valence-electron chi connectivity index (χ0n) is 14.3. The lowest BCUT2D eigenvalue weighted by Crippen LogP contribution is -2.32. The standard InChI is InChI=1S/C17H20BBrN2O3S2/c18-5-1-7-23-17(24-8-2-6-19)13-10-25-15(21-13)16-20-12-4-3-11(22)9-14(12)26-16/h3-4,9,13,17,22H,1-2,5-8,10H2. The van der Waals surface area contributed by atoms with Gasteiger partial charge in [0, 0.05) is 17.7 Å². The highest BCUT2D eigenvalue weighted by molar-refractivity contribution is 9.09. The summed E-state index contributed by atoms with van der Waals surface area (Å²) in [5, 5.41) is 12.3. The quantitative estimate of drug-likeness (QED) is 0.254. The van der Waals surface area contributed by atoms with Crippen LogP contribution < -0.4 is 0 Å². The van der Waals surface area contributed by atoms with Gasteiger partial charge in [0.25, 0.3) is 0 Å². The van der Waals surface area contributed by atoms with Gasteiger partial charge in [-0.05, 0) is 31.0 Å². The van der Waals surface area contributed by atoms with E-state index in [1.54, 1.807) is 23.9 Å². The zero-order chi connectivity index (χ0) is 18.4. The molecule has 1 aliphatic heterocycles. The number of hydrogen-bond acceptors (Lipinski definition) is 7. The summed E-state index contributed by atoms with van der Waals surface area (Å²) in [6, 6.07) is 5.15. The molecule has 0 aliphatic carbocycles. The first-order valence-electron chi connectivity index (χ1n) is 8.51. The number of thiazole rings is 1. The topological polar surface area (TPSA) is 63.9 Å². The number of fused-ring (bicyclic) bond motifs is 1. The molecule has 2 atom stereocenters. The van der Waals surface area contributed by atoms with Gasteiger partial charge in [0.2, 0.25) is 0 Å². The number of rotatable bonds is 10. The SMILES string of the molecule is [B]CCCOC(OCCCBr)C1CSC(c2nc3ccc(O)cc3s2)=N1. The van der Waals surface area contributed by atoms with E-state index in [0.29, 0.717) is 19.5 Å². The summed E-state index contributed by atoms with van der Waals surface area (Å²) in [6.07, 6.45) is 1.97. The van der Waals surface area contributed by atoms with Crippen LogP contribution in [0.4, 0.5) is 0 Å². The largest absolute Gasteiger partial charge is 0.508 e. The molecule has 1 aromatic carbocycles. The van der Waals surface area contributed by atoms with Crippen LogP contribution in [0.25, 0.3) is 10.2 Å². The van der Waals surface area contributed by atoms with Gasteiger partial charge >= 0.3 is 0 Å². The molecule has 0 amide bonds. The van der Waals surface area contributed by atoms with Crippen molar-refractivity contribution in [1.82, 2.24) is 4.98 Å². The van der Waals surface area contributed by atoms with Crippen molar-refractivity contribution >= 4 is 62.1 Å². The fourth-order valence-corrected chi connectivity index (χ4v) is 4.82. The van der Waals surface area contributed by atoms with Crippen molar-refractivity contribution in [3.63, 3.8) is 0 Å². The zero-order valence-corrected chi connectivity index (χ0v) is 17.5. The Labute approximate surface area is 171 Å². The van der Waals surface area contributed by atoms with E-state index in [4.69, 9.17) is 22.3 Å². The molecule has 0 saturated heterocycles. The van der Waals surface area contributed by atoms with Crippen LogP contribution in [0, 0.1) is 0 Å². The molecule has 0 spiro atoms. The molecule has 2 unspecified atom stereocenters. The summed E-state index contributed by atoms with van der Waals surface area (Å²) in [4.78, 5) is 9.44. The van der Waals surface area contributed by atoms with Crippen LogP contribution in [0.3, 0.4) is 0 Å². The minimum Gasteiger partial charge on any atom is -0.508 e. The first-order valence-corrected chi connectivity index (χ1v) is 11.4. The number of nitrogens with zero attached hydrogens (tertiary/aromatic N) is 2. The summed E-state index contributed by atoms with van der Waals surface area (Å²) in [5.74, 6) is 1.05. The van der Waals surface area contributed by atoms with E-state index in [2.05, 4.69) is 20.9 Å². The third-order valence-corrected chi connectivity index (χ3v) is 6.53. The van der Waals surface area contributed by atoms with Crippen LogP contribution in [0.5, 0.6) is 5.75 Å². The van der Waals surface area contributed by atoms with E-state index >= 15 is 0 Å². The lowest BCUT2D eigenvalue weighted by Gasteiger charge is -2.22. The Morgan fingerprint density at radius 2 is 2.12 bits per heavy atom. The summed E-state index contributed by atoms with van der Waals surface area (Å²) in [7, 11) is 5.55. The van der Waals surface area contributed by atoms with Crippen molar-refractivity contribution in [2.75, 3.05) is 24.3 Å². The normalized spacial score (nSPS) is 18.3. The Balaban J connectivity index is 1.71. The molecule has 26 heavy (non-hydrogen) atoms. The second kappa shape index (κ2) is 10.1. The van der Waals surface area contributed by atoms with Gasteiger partial charge in [-0.1, -0.05) is 22.3 Å². The molecule has 2 aromatic rings. The maximum atomic E-state index is 9.62. The number of aliphatic imine (C=N–C) groups is 1. The van der Waals surface area contributed by atoms with Gasteiger partial charge in [0.1, 0.15) is 21.8 Å². The number of ether oxygens (including phenoxy) is 2. The molecule has 1 aliphatic rings. The van der Waals surface area contributed by atoms with Crippen molar-refractivity contribution in [2.45, 2.75) is 31.5 Å². The third-order valence-electron chi connectivity index (χ3n) is 3.73. The molecule has 9 heteroatoms. The van der Waals surface area contributed by atoms with Crippen molar-refractivity contribution < 1.29 is 14.6 Å². The highest BCUT2D eigenvalue weighted by Gasteiger charge is 2.30. The number of alkyl halides is 1. The van der Waals surface area contributed by atoms with Crippen LogP contribution in [-0.2, 0) is 9.47 Å². The molecule has 1 aromatic heterocycles. The average molecular weight is 455 g/mol. The second-order valence-electron chi connectivity index (χ2n) is 5.78. The molecule has 138 valence electrons. The van der Waals surface area contributed by atoms with Crippen molar-refractivity contribution in [3.8, 4) is 5.75 Å². The van der Waals surface area contributed by atoms with Gasteiger partial charge in [0.15, 0.2) is 6.29 Å². The molecule has 2 heterocycles. The lowest BCUT2D eigenvalue weighted by atomic mass is 10.0. The maximum Gasteiger partial charge on any atom is 0.180 e. The van der Waals surface area contributed by atoms with Crippen molar-refractivity contribution in [1.29, 1.82) is 0 Å². The second-order valence-corrected chi connectivity index (χ2v) is 8.61. The Kier molecular flexibility index (Phi) is 7.81. The Morgan fingerprint density at radius 3 is 2.88 bits per heavy atom. The maximum absolute atomic E-state index is 9.62. The predicted molar refractivity (Wildman–Crippen MR) is 113 cm³/mol. The monoisotopic (exact) mass is 454 g/mol. The average Bonchev–Trinajstić information content (AvgIpc) is 3.27. The first kappa shape index (κ1) is 20.1. The highest BCUT2D eigenvalue weighted by Crippen LogP contribution is 2.32. The number of phenols is 1. The Morgan fingerprint density at radius 1 is 1.31 bits per heavy atom. The van der Waals surface area contributed by atoms with E-state index in [1.165, 1.54) is 11.3 Å². The number of hydrogen-bond donors (Lipinski definition) is 1. The molecule has 0 saturated carbocycles. The van der Waals surface area contributed by atoms with Gasteiger partial charge in [-0.25, -0.2) is 4.98 Å². The molecule has 2 radical (unpaired) electrons. The third kappa shape index (κ3) is 5.22. The molecule has 1 N–H and O–H groups in total. The van der Waals surface area contributed by atoms with Gasteiger partial charge in [0.05, 0.1) is 24.7 Å². The van der Waals surface area contributed by atoms with Gasteiger partial charge in [-0.15, -0.1) is 23.1 Å². The number of thioether (sulfide) groups is 1. The van der Waals surface area contributed by atoms with Gasteiger partial charge in [-0.2, -0.15) is 0 Å². The van der Waals surface area contributed by atoms with Crippen molar-refractivity contribution in [2.24, 2.45) is 4.99 Å². The van der Waals surface area contributed by atoms with Gasteiger partial charge in [-0.3, -0.25) is 4.99 Å². The van der Waals surface area contributed by atoms with Crippen LogP contribution in [-0.4, -0.2) is 59.6 Å². The highest BCUT2D eigenvalue weighted by atomic mass is 79.9. The molecule has 0 bridgehead atoms. The van der Waals surface area contributed by atoms with Crippen LogP contribution in [0.15, 0.2) is 23.2 Å². The van der Waals surface area contributed by atoms with Gasteiger partial charge < -0.3 is 14.6 Å². The fourth-order valence-electron chi connectivity index (χ4n) is 2.46. The molecular formula is C17H20BBrN2O3S2. The predicted octanol–water partition coefficient (Wildman–Crippen LogP) is 3.99. The Bertz CT molecular complexity index is 749. The molecule has 3 rings (SSSR count). The summed E-state index contributed by atoms with van der Waals surface area (Å²) in [6.45, 7) is 1.20. The van der Waals surface area contributed by atoms with E-state index in [1.807, 2.05) is 6.07 Å². The number of phenolic OH excluding ortho intramolecular Hbond substituents is 1. The summed E-state index contributed by atoms with van der Waals surface area (Å²) >= 11 is 6.62. The molecular weight excluding hydrogens is 435 g/mol. The van der Waals surface area contributed by atoms with E-state index in [0.717, 1.165) is 44.2 Å². The fraction of sp³-hybridized carbons (Fsp3) is 0.529. The number of aromatic hydroxyl groups is 1. The smallest absolute Gasteiger partial charge is 0.180 e. The van der Waals surface area contributed by atoms with E-state index in [9.17, 15) is 5.11 Å².